The van der Waals surface area contributed by atoms with Gasteiger partial charge in [-0.3, -0.25) is 24.3 Å². The highest BCUT2D eigenvalue weighted by Gasteiger charge is 2.61. The number of hydrogen-bond acceptors (Lipinski definition) is 5. The van der Waals surface area contributed by atoms with Gasteiger partial charge in [0.2, 0.25) is 10.8 Å². The number of anilines is 3. The number of para-hydroxylation sites is 2. The van der Waals surface area contributed by atoms with Crippen LogP contribution in [0.25, 0.3) is 0 Å². The molecule has 8 heteroatoms. The zero-order valence-electron chi connectivity index (χ0n) is 19.1. The molecule has 1 spiro atoms. The smallest absolute Gasteiger partial charge is 0.269 e. The Balaban J connectivity index is 1.26. The lowest BCUT2D eigenvalue weighted by Crippen LogP contribution is -2.54. The molecule has 178 valence electrons. The van der Waals surface area contributed by atoms with Crippen LogP contribution in [-0.4, -0.2) is 55.3 Å². The van der Waals surface area contributed by atoms with E-state index in [-0.39, 0.29) is 23.4 Å². The highest BCUT2D eigenvalue weighted by Crippen LogP contribution is 2.55. The summed E-state index contributed by atoms with van der Waals surface area (Å²) in [5, 5.41) is 0. The molecule has 35 heavy (non-hydrogen) atoms. The minimum Gasteiger partial charge on any atom is -0.369 e. The van der Waals surface area contributed by atoms with Gasteiger partial charge in [-0.15, -0.1) is 11.8 Å². The van der Waals surface area contributed by atoms with Gasteiger partial charge in [-0.25, -0.2) is 4.39 Å². The van der Waals surface area contributed by atoms with Gasteiger partial charge in [-0.2, -0.15) is 0 Å². The van der Waals surface area contributed by atoms with E-state index >= 15 is 0 Å². The standard InChI is InChI=1S/C27H25FN4O2S/c28-20-10-12-21(13-11-20)30-16-14-29(15-17-30)19-31-24-9-5-4-8-23(24)27(26(31)34)32(25(33)18-35-27)22-6-2-1-3-7-22/h1-13H,14-19H2/t27-/m1/s1. The van der Waals surface area contributed by atoms with Gasteiger partial charge in [0.1, 0.15) is 5.82 Å². The van der Waals surface area contributed by atoms with E-state index < -0.39 is 4.87 Å². The number of carbonyl (C=O) groups is 2. The van der Waals surface area contributed by atoms with Crippen molar-refractivity contribution < 1.29 is 14.0 Å². The second kappa shape index (κ2) is 8.70. The first-order valence-corrected chi connectivity index (χ1v) is 12.7. The first-order chi connectivity index (χ1) is 17.1. The maximum Gasteiger partial charge on any atom is 0.269 e. The number of amides is 2. The summed E-state index contributed by atoms with van der Waals surface area (Å²) in [6, 6.07) is 23.9. The predicted molar refractivity (Wildman–Crippen MR) is 137 cm³/mol. The van der Waals surface area contributed by atoms with Crippen molar-refractivity contribution in [3.63, 3.8) is 0 Å². The van der Waals surface area contributed by atoms with Crippen LogP contribution in [0, 0.1) is 5.82 Å². The molecule has 0 N–H and O–H groups in total. The van der Waals surface area contributed by atoms with E-state index in [1.165, 1.54) is 23.9 Å². The first-order valence-electron chi connectivity index (χ1n) is 11.7. The molecule has 2 amide bonds. The molecule has 0 radical (unpaired) electrons. The Morgan fingerprint density at radius 3 is 2.23 bits per heavy atom. The van der Waals surface area contributed by atoms with Gasteiger partial charge in [0.05, 0.1) is 18.1 Å². The molecule has 2 saturated heterocycles. The van der Waals surface area contributed by atoms with Crippen molar-refractivity contribution in [2.24, 2.45) is 0 Å². The summed E-state index contributed by atoms with van der Waals surface area (Å²) in [5.74, 6) is -0.0992. The summed E-state index contributed by atoms with van der Waals surface area (Å²) in [5.41, 5.74) is 3.48. The average molecular weight is 489 g/mol. The lowest BCUT2D eigenvalue weighted by atomic mass is 10.0. The Hall–Kier alpha value is -3.36. The molecule has 0 unspecified atom stereocenters. The van der Waals surface area contributed by atoms with E-state index in [1.54, 1.807) is 4.90 Å². The van der Waals surface area contributed by atoms with Crippen LogP contribution in [0.2, 0.25) is 0 Å². The van der Waals surface area contributed by atoms with E-state index in [0.29, 0.717) is 6.67 Å². The highest BCUT2D eigenvalue weighted by atomic mass is 32.2. The topological polar surface area (TPSA) is 47.1 Å². The number of fused-ring (bicyclic) bond motifs is 2. The van der Waals surface area contributed by atoms with E-state index in [9.17, 15) is 14.0 Å². The van der Waals surface area contributed by atoms with Crippen LogP contribution in [0.15, 0.2) is 78.9 Å². The van der Waals surface area contributed by atoms with Gasteiger partial charge in [0.15, 0.2) is 0 Å². The Morgan fingerprint density at radius 1 is 0.800 bits per heavy atom. The maximum atomic E-state index is 14.1. The fourth-order valence-corrected chi connectivity index (χ4v) is 6.63. The van der Waals surface area contributed by atoms with Gasteiger partial charge < -0.3 is 4.90 Å². The molecular weight excluding hydrogens is 463 g/mol. The van der Waals surface area contributed by atoms with Crippen molar-refractivity contribution >= 4 is 40.6 Å². The number of piperazine rings is 1. The van der Waals surface area contributed by atoms with Crippen molar-refractivity contribution in [1.29, 1.82) is 0 Å². The number of rotatable bonds is 4. The van der Waals surface area contributed by atoms with Crippen LogP contribution >= 0.6 is 11.8 Å². The third-order valence-corrected chi connectivity index (χ3v) is 8.37. The minimum absolute atomic E-state index is 0.0564. The molecule has 2 fully saturated rings. The Morgan fingerprint density at radius 2 is 1.49 bits per heavy atom. The molecule has 0 bridgehead atoms. The van der Waals surface area contributed by atoms with Crippen molar-refractivity contribution in [2.75, 3.05) is 53.3 Å². The van der Waals surface area contributed by atoms with E-state index in [4.69, 9.17) is 0 Å². The SMILES string of the molecule is O=C1CS[C@]2(C(=O)N(CN3CCN(c4ccc(F)cc4)CC3)c3ccccc32)N1c1ccccc1. The predicted octanol–water partition coefficient (Wildman–Crippen LogP) is 3.88. The molecule has 3 aromatic carbocycles. The number of halogens is 1. The molecule has 0 aromatic heterocycles. The Kier molecular flexibility index (Phi) is 5.50. The minimum atomic E-state index is -1.08. The monoisotopic (exact) mass is 488 g/mol. The summed E-state index contributed by atoms with van der Waals surface area (Å²) >= 11 is 1.41. The normalized spacial score (nSPS) is 22.4. The molecule has 3 heterocycles. The molecule has 3 aromatic rings. The lowest BCUT2D eigenvalue weighted by Gasteiger charge is -2.38. The molecule has 6 rings (SSSR count). The van der Waals surface area contributed by atoms with Gasteiger partial charge in [-0.1, -0.05) is 36.4 Å². The van der Waals surface area contributed by atoms with Crippen LogP contribution in [0.1, 0.15) is 5.56 Å². The Bertz CT molecular complexity index is 1260. The summed E-state index contributed by atoms with van der Waals surface area (Å²) in [6.07, 6.45) is 0. The second-order valence-electron chi connectivity index (χ2n) is 8.97. The maximum absolute atomic E-state index is 14.1. The molecule has 3 aliphatic rings. The van der Waals surface area contributed by atoms with Gasteiger partial charge in [0.25, 0.3) is 5.91 Å². The van der Waals surface area contributed by atoms with Crippen LogP contribution in [0.5, 0.6) is 0 Å². The fraction of sp³-hybridized carbons (Fsp3) is 0.259. The number of carbonyl (C=O) groups excluding carboxylic acids is 2. The third-order valence-electron chi connectivity index (χ3n) is 6.98. The van der Waals surface area contributed by atoms with Crippen LogP contribution < -0.4 is 14.7 Å². The summed E-state index contributed by atoms with van der Waals surface area (Å²) < 4.78 is 13.3. The molecular formula is C27H25FN4O2S. The van der Waals surface area contributed by atoms with Gasteiger partial charge in [0, 0.05) is 43.1 Å². The second-order valence-corrected chi connectivity index (χ2v) is 10.1. The quantitative estimate of drug-likeness (QED) is 0.558. The zero-order valence-corrected chi connectivity index (χ0v) is 20.0. The number of nitrogens with zero attached hydrogens (tertiary/aromatic N) is 4. The first kappa shape index (κ1) is 22.1. The lowest BCUT2D eigenvalue weighted by molar-refractivity contribution is -0.124. The third kappa shape index (κ3) is 3.59. The molecule has 0 saturated carbocycles. The van der Waals surface area contributed by atoms with Crippen molar-refractivity contribution in [2.45, 2.75) is 4.87 Å². The van der Waals surface area contributed by atoms with Crippen LogP contribution in [-0.2, 0) is 14.5 Å². The van der Waals surface area contributed by atoms with Gasteiger partial charge in [-0.05, 0) is 42.5 Å². The summed E-state index contributed by atoms with van der Waals surface area (Å²) in [4.78, 5) is 34.2. The number of hydrogen-bond donors (Lipinski definition) is 0. The van der Waals surface area contributed by atoms with Crippen molar-refractivity contribution in [3.8, 4) is 0 Å². The number of benzene rings is 3. The van der Waals surface area contributed by atoms with Crippen LogP contribution in [0.3, 0.4) is 0 Å². The molecule has 0 aliphatic carbocycles. The highest BCUT2D eigenvalue weighted by molar-refractivity contribution is 8.02. The van der Waals surface area contributed by atoms with Crippen molar-refractivity contribution in [3.05, 3.63) is 90.2 Å². The summed E-state index contributed by atoms with van der Waals surface area (Å²) in [7, 11) is 0. The van der Waals surface area contributed by atoms with Crippen molar-refractivity contribution in [1.82, 2.24) is 4.90 Å². The van der Waals surface area contributed by atoms with E-state index in [2.05, 4.69) is 9.80 Å². The molecule has 6 nitrogen and oxygen atoms in total. The fourth-order valence-electron chi connectivity index (χ4n) is 5.27. The Labute approximate surface area is 207 Å². The molecule has 3 aliphatic heterocycles. The van der Waals surface area contributed by atoms with Crippen LogP contribution in [0.4, 0.5) is 21.5 Å². The largest absolute Gasteiger partial charge is 0.369 e. The molecule has 1 atom stereocenters. The van der Waals surface area contributed by atoms with E-state index in [0.717, 1.165) is 48.8 Å². The summed E-state index contributed by atoms with van der Waals surface area (Å²) in [6.45, 7) is 3.62. The van der Waals surface area contributed by atoms with E-state index in [1.807, 2.05) is 71.6 Å². The van der Waals surface area contributed by atoms with Gasteiger partial charge >= 0.3 is 0 Å². The zero-order chi connectivity index (χ0) is 24.0. The number of thioether (sulfide) groups is 1. The average Bonchev–Trinajstić information content (AvgIpc) is 3.36.